The zero-order valence-corrected chi connectivity index (χ0v) is 36.8. The molecule has 3 N–H and O–H groups in total. The largest absolute Gasteiger partial charge is 0.472 e. The SMILES string of the molecule is CCCCC/C=C\C/C=C\C/C=C\C/C=C\CCCCCC(=O)OC[C@H](COP(=O)(O)OC[C@@H](O)CO)OC(=O)CCCCCCCC1OC1C/C=C\CCCCC. The van der Waals surface area contributed by atoms with Gasteiger partial charge in [-0.1, -0.05) is 132 Å². The first-order valence-electron chi connectivity index (χ1n) is 22.4. The summed E-state index contributed by atoms with van der Waals surface area (Å²) in [6.07, 6.45) is 43.4. The Morgan fingerprint density at radius 3 is 1.72 bits per heavy atom. The molecule has 1 aliphatic heterocycles. The zero-order chi connectivity index (χ0) is 42.4. The molecule has 0 aromatic heterocycles. The van der Waals surface area contributed by atoms with E-state index in [4.69, 9.17) is 23.8 Å². The van der Waals surface area contributed by atoms with E-state index < -0.39 is 51.8 Å². The molecule has 0 aliphatic carbocycles. The fourth-order valence-corrected chi connectivity index (χ4v) is 6.77. The highest BCUT2D eigenvalue weighted by molar-refractivity contribution is 7.47. The van der Waals surface area contributed by atoms with Gasteiger partial charge in [0.1, 0.15) is 12.7 Å². The third-order valence-electron chi connectivity index (χ3n) is 9.57. The fraction of sp³-hybridized carbons (Fsp3) is 0.739. The fourth-order valence-electron chi connectivity index (χ4n) is 5.98. The van der Waals surface area contributed by atoms with Gasteiger partial charge in [0, 0.05) is 12.8 Å². The number of allylic oxidation sites excluding steroid dienone is 9. The van der Waals surface area contributed by atoms with Gasteiger partial charge in [-0.05, 0) is 83.5 Å². The molecular formula is C46H79O11P. The van der Waals surface area contributed by atoms with Crippen molar-refractivity contribution in [3.8, 4) is 0 Å². The Kier molecular flexibility index (Phi) is 34.8. The molecule has 0 aromatic rings. The number of aliphatic hydroxyl groups excluding tert-OH is 2. The van der Waals surface area contributed by atoms with Crippen LogP contribution in [0.3, 0.4) is 0 Å². The summed E-state index contributed by atoms with van der Waals surface area (Å²) in [5.41, 5.74) is 0. The second-order valence-electron chi connectivity index (χ2n) is 15.1. The number of hydrogen-bond acceptors (Lipinski definition) is 10. The molecule has 0 spiro atoms. The number of carbonyl (C=O) groups is 2. The topological polar surface area (TPSA) is 161 Å². The van der Waals surface area contributed by atoms with Crippen LogP contribution in [-0.2, 0) is 37.4 Å². The van der Waals surface area contributed by atoms with Crippen LogP contribution in [0.4, 0.5) is 0 Å². The molecule has 12 heteroatoms. The van der Waals surface area contributed by atoms with Crippen LogP contribution in [0.2, 0.25) is 0 Å². The Labute approximate surface area is 351 Å². The zero-order valence-electron chi connectivity index (χ0n) is 35.9. The number of phosphoric acid groups is 1. The summed E-state index contributed by atoms with van der Waals surface area (Å²) in [5, 5.41) is 18.4. The first kappa shape index (κ1) is 53.6. The van der Waals surface area contributed by atoms with Crippen molar-refractivity contribution >= 4 is 19.8 Å². The van der Waals surface area contributed by atoms with Crippen molar-refractivity contribution in [2.75, 3.05) is 26.4 Å². The third-order valence-corrected chi connectivity index (χ3v) is 10.5. The summed E-state index contributed by atoms with van der Waals surface area (Å²) in [5.74, 6) is -0.988. The molecule has 1 fully saturated rings. The van der Waals surface area contributed by atoms with Gasteiger partial charge in [-0.25, -0.2) is 4.57 Å². The number of unbranched alkanes of at least 4 members (excludes halogenated alkanes) is 13. The molecule has 0 bridgehead atoms. The minimum absolute atomic E-state index is 0.151. The molecule has 5 atom stereocenters. The van der Waals surface area contributed by atoms with Crippen molar-refractivity contribution in [3.05, 3.63) is 60.8 Å². The molecule has 1 heterocycles. The van der Waals surface area contributed by atoms with Crippen LogP contribution >= 0.6 is 7.82 Å². The average molecular weight is 839 g/mol. The second kappa shape index (κ2) is 37.6. The van der Waals surface area contributed by atoms with Crippen molar-refractivity contribution in [3.63, 3.8) is 0 Å². The van der Waals surface area contributed by atoms with E-state index in [1.54, 1.807) is 0 Å². The van der Waals surface area contributed by atoms with Gasteiger partial charge in [-0.15, -0.1) is 0 Å². The summed E-state index contributed by atoms with van der Waals surface area (Å²) >= 11 is 0. The third kappa shape index (κ3) is 34.5. The van der Waals surface area contributed by atoms with Crippen LogP contribution in [0.25, 0.3) is 0 Å². The van der Waals surface area contributed by atoms with Crippen LogP contribution in [0.5, 0.6) is 0 Å². The van der Waals surface area contributed by atoms with Gasteiger partial charge in [-0.3, -0.25) is 18.6 Å². The van der Waals surface area contributed by atoms with Gasteiger partial charge in [0.2, 0.25) is 0 Å². The van der Waals surface area contributed by atoms with Crippen molar-refractivity contribution in [2.45, 2.75) is 192 Å². The predicted molar refractivity (Wildman–Crippen MR) is 232 cm³/mol. The summed E-state index contributed by atoms with van der Waals surface area (Å²) in [6.45, 7) is 2.25. The van der Waals surface area contributed by atoms with Gasteiger partial charge in [0.15, 0.2) is 6.10 Å². The monoisotopic (exact) mass is 839 g/mol. The number of epoxide rings is 1. The summed E-state index contributed by atoms with van der Waals surface area (Å²) in [7, 11) is -4.64. The van der Waals surface area contributed by atoms with E-state index in [-0.39, 0.29) is 19.4 Å². The van der Waals surface area contributed by atoms with Crippen molar-refractivity contribution in [2.24, 2.45) is 0 Å². The quantitative estimate of drug-likeness (QED) is 0.0177. The number of esters is 2. The maximum Gasteiger partial charge on any atom is 0.472 e. The Hall–Kier alpha value is -2.37. The number of aliphatic hydroxyl groups is 2. The Morgan fingerprint density at radius 2 is 1.12 bits per heavy atom. The summed E-state index contributed by atoms with van der Waals surface area (Å²) < 4.78 is 38.5. The van der Waals surface area contributed by atoms with Gasteiger partial charge in [0.05, 0.1) is 32.0 Å². The van der Waals surface area contributed by atoms with Crippen molar-refractivity contribution < 1.29 is 52.5 Å². The Balaban J connectivity index is 2.28. The number of hydrogen-bond donors (Lipinski definition) is 3. The van der Waals surface area contributed by atoms with E-state index in [0.717, 1.165) is 83.5 Å². The molecule has 1 saturated heterocycles. The highest BCUT2D eigenvalue weighted by Gasteiger charge is 2.36. The lowest BCUT2D eigenvalue weighted by Crippen LogP contribution is -2.29. The Morgan fingerprint density at radius 1 is 0.621 bits per heavy atom. The van der Waals surface area contributed by atoms with Gasteiger partial charge >= 0.3 is 19.8 Å². The number of phosphoric ester groups is 1. The molecule has 3 unspecified atom stereocenters. The maximum atomic E-state index is 12.6. The van der Waals surface area contributed by atoms with E-state index >= 15 is 0 Å². The van der Waals surface area contributed by atoms with E-state index in [1.807, 2.05) is 0 Å². The summed E-state index contributed by atoms with van der Waals surface area (Å²) in [6, 6.07) is 0. The van der Waals surface area contributed by atoms with Gasteiger partial charge < -0.3 is 29.3 Å². The van der Waals surface area contributed by atoms with Crippen LogP contribution < -0.4 is 0 Å². The molecule has 0 radical (unpaired) electrons. The second-order valence-corrected chi connectivity index (χ2v) is 16.6. The lowest BCUT2D eigenvalue weighted by molar-refractivity contribution is -0.161. The van der Waals surface area contributed by atoms with E-state index in [2.05, 4.69) is 79.1 Å². The van der Waals surface area contributed by atoms with Gasteiger partial charge in [-0.2, -0.15) is 0 Å². The molecular weight excluding hydrogens is 759 g/mol. The van der Waals surface area contributed by atoms with Crippen LogP contribution in [0.15, 0.2) is 60.8 Å². The first-order chi connectivity index (χ1) is 28.2. The van der Waals surface area contributed by atoms with E-state index in [1.165, 1.54) is 44.9 Å². The lowest BCUT2D eigenvalue weighted by atomic mass is 10.1. The number of ether oxygens (including phenoxy) is 3. The van der Waals surface area contributed by atoms with Gasteiger partial charge in [0.25, 0.3) is 0 Å². The van der Waals surface area contributed by atoms with Crippen molar-refractivity contribution in [1.82, 2.24) is 0 Å². The summed E-state index contributed by atoms with van der Waals surface area (Å²) in [4.78, 5) is 35.1. The van der Waals surface area contributed by atoms with Crippen LogP contribution in [0.1, 0.15) is 168 Å². The molecule has 1 aliphatic rings. The number of carbonyl (C=O) groups excluding carboxylic acids is 2. The molecule has 58 heavy (non-hydrogen) atoms. The van der Waals surface area contributed by atoms with Crippen molar-refractivity contribution in [1.29, 1.82) is 0 Å². The molecule has 11 nitrogen and oxygen atoms in total. The lowest BCUT2D eigenvalue weighted by Gasteiger charge is -2.20. The average Bonchev–Trinajstić information content (AvgIpc) is 3.97. The molecule has 334 valence electrons. The normalized spacial score (nSPS) is 17.9. The highest BCUT2D eigenvalue weighted by Crippen LogP contribution is 2.43. The maximum absolute atomic E-state index is 12.6. The standard InChI is InChI=1S/C46H79O11P/c1-3-5-7-9-11-12-13-14-15-16-17-18-19-20-21-22-23-27-31-35-45(49)53-39-42(40-55-58(51,52)54-38-41(48)37-47)56-46(50)36-32-28-24-26-30-34-44-43(57-44)33-29-25-10-8-6-4-2/h11-12,14-15,17-18,20-21,25,29,41-44,47-48H,3-10,13,16,19,22-24,26-28,30-40H2,1-2H3,(H,51,52)/b12-11-,15-14-,18-17-,21-20-,29-25-/t41-,42+,43?,44?/m0/s1. The van der Waals surface area contributed by atoms with Crippen LogP contribution in [0, 0.1) is 0 Å². The van der Waals surface area contributed by atoms with E-state index in [9.17, 15) is 24.2 Å². The molecule has 0 saturated carbocycles. The minimum Gasteiger partial charge on any atom is -0.462 e. The minimum atomic E-state index is -4.64. The predicted octanol–water partition coefficient (Wildman–Crippen LogP) is 10.9. The number of rotatable bonds is 40. The molecule has 0 amide bonds. The first-order valence-corrected chi connectivity index (χ1v) is 23.9. The molecule has 1 rings (SSSR count). The van der Waals surface area contributed by atoms with Crippen LogP contribution in [-0.4, -0.2) is 77.9 Å². The Bertz CT molecular complexity index is 1210. The highest BCUT2D eigenvalue weighted by atomic mass is 31.2. The molecule has 0 aromatic carbocycles. The smallest absolute Gasteiger partial charge is 0.462 e. The van der Waals surface area contributed by atoms with E-state index in [0.29, 0.717) is 25.0 Å².